The third kappa shape index (κ3) is 5.04. The number of pyridine rings is 2. The number of sulfonamides is 1. The van der Waals surface area contributed by atoms with E-state index >= 15 is 0 Å². The number of nitrogens with zero attached hydrogens (tertiary/aromatic N) is 2. The van der Waals surface area contributed by atoms with Crippen molar-refractivity contribution in [2.75, 3.05) is 27.7 Å². The fourth-order valence-corrected chi connectivity index (χ4v) is 6.28. The number of hydrogen-bond acceptors (Lipinski definition) is 6. The van der Waals surface area contributed by atoms with Crippen molar-refractivity contribution in [1.29, 1.82) is 0 Å². The summed E-state index contributed by atoms with van der Waals surface area (Å²) < 4.78 is 28.7. The number of nitrogens with one attached hydrogen (secondary N) is 3. The summed E-state index contributed by atoms with van der Waals surface area (Å²) in [4.78, 5) is 9.52. The molecule has 7 aromatic rings. The van der Waals surface area contributed by atoms with Crippen LogP contribution in [0.3, 0.4) is 0 Å². The largest absolute Gasteiger partial charge is 0.383 e. The molecule has 0 aliphatic heterocycles. The molecule has 0 amide bonds. The molecule has 2 heterocycles. The predicted octanol–water partition coefficient (Wildman–Crippen LogP) is 7.69. The molecule has 0 atom stereocenters. The fourth-order valence-electron chi connectivity index (χ4n) is 5.31. The number of fused-ring (bicyclic) bond motifs is 4. The second-order valence-corrected chi connectivity index (χ2v) is 11.9. The van der Waals surface area contributed by atoms with E-state index < -0.39 is 10.0 Å². The molecule has 0 saturated heterocycles. The highest BCUT2D eigenvalue weighted by Crippen LogP contribution is 2.33. The smallest absolute Gasteiger partial charge is 0.234 e. The van der Waals surface area contributed by atoms with Crippen molar-refractivity contribution in [2.24, 2.45) is 0 Å². The van der Waals surface area contributed by atoms with Gasteiger partial charge in [-0.2, -0.15) is 0 Å². The Morgan fingerprint density at radius 1 is 0.500 bits per heavy atom. The molecular formula is C34H27N5O2S. The lowest BCUT2D eigenvalue weighted by atomic mass is 10.1. The molecule has 0 spiro atoms. The van der Waals surface area contributed by atoms with Gasteiger partial charge in [0.25, 0.3) is 0 Å². The summed E-state index contributed by atoms with van der Waals surface area (Å²) in [5.41, 5.74) is 6.74. The Balaban J connectivity index is 1.07. The van der Waals surface area contributed by atoms with E-state index in [9.17, 15) is 8.42 Å². The normalized spacial score (nSPS) is 11.7. The molecule has 0 bridgehead atoms. The van der Waals surface area contributed by atoms with Crippen LogP contribution in [0.5, 0.6) is 0 Å². The van der Waals surface area contributed by atoms with Crippen molar-refractivity contribution in [3.63, 3.8) is 0 Å². The Kier molecular flexibility index (Phi) is 6.52. The molecule has 0 aliphatic carbocycles. The lowest BCUT2D eigenvalue weighted by Crippen LogP contribution is -2.22. The van der Waals surface area contributed by atoms with Gasteiger partial charge in [0.1, 0.15) is 0 Å². The van der Waals surface area contributed by atoms with E-state index in [4.69, 9.17) is 9.97 Å². The first-order valence-electron chi connectivity index (χ1n) is 13.7. The average Bonchev–Trinajstić information content (AvgIpc) is 3.01. The summed E-state index contributed by atoms with van der Waals surface area (Å²) in [6.07, 6.45) is 0. The Hall–Kier alpha value is -5.21. The first-order chi connectivity index (χ1) is 20.5. The van der Waals surface area contributed by atoms with Gasteiger partial charge < -0.3 is 10.6 Å². The molecular weight excluding hydrogens is 542 g/mol. The maximum atomic E-state index is 13.0. The Labute approximate surface area is 243 Å². The number of anilines is 4. The van der Waals surface area contributed by atoms with Gasteiger partial charge in [-0.25, -0.2) is 18.4 Å². The van der Waals surface area contributed by atoms with Gasteiger partial charge in [0.05, 0.1) is 39.2 Å². The van der Waals surface area contributed by atoms with Gasteiger partial charge in [-0.3, -0.25) is 4.72 Å². The van der Waals surface area contributed by atoms with E-state index in [2.05, 4.69) is 15.4 Å². The summed E-state index contributed by atoms with van der Waals surface area (Å²) in [5, 5.41) is 10.8. The van der Waals surface area contributed by atoms with E-state index in [1.54, 1.807) is 12.1 Å². The lowest BCUT2D eigenvalue weighted by Gasteiger charge is -2.15. The second-order valence-electron chi connectivity index (χ2n) is 10.1. The number of benzene rings is 5. The maximum Gasteiger partial charge on any atom is 0.234 e. The van der Waals surface area contributed by atoms with Crippen LogP contribution in [0.25, 0.3) is 43.6 Å². The number of rotatable bonds is 8. The van der Waals surface area contributed by atoms with Gasteiger partial charge >= 0.3 is 0 Å². The van der Waals surface area contributed by atoms with Gasteiger partial charge in [-0.05, 0) is 48.5 Å². The van der Waals surface area contributed by atoms with E-state index in [0.717, 1.165) is 60.7 Å². The molecule has 8 heteroatoms. The highest BCUT2D eigenvalue weighted by atomic mass is 32.2. The van der Waals surface area contributed by atoms with Gasteiger partial charge in [0.2, 0.25) is 10.0 Å². The predicted molar refractivity (Wildman–Crippen MR) is 174 cm³/mol. The monoisotopic (exact) mass is 569 g/mol. The first kappa shape index (κ1) is 25.7. The van der Waals surface area contributed by atoms with E-state index in [0.29, 0.717) is 5.69 Å². The highest BCUT2D eigenvalue weighted by molar-refractivity contribution is 7.92. The van der Waals surface area contributed by atoms with Crippen LogP contribution in [0.2, 0.25) is 0 Å². The van der Waals surface area contributed by atoms with Crippen LogP contribution in [-0.2, 0) is 10.0 Å². The minimum absolute atomic E-state index is 0.0903. The highest BCUT2D eigenvalue weighted by Gasteiger charge is 2.14. The van der Waals surface area contributed by atoms with Crippen LogP contribution in [-0.4, -0.2) is 30.7 Å². The molecule has 0 radical (unpaired) electrons. The SMILES string of the molecule is O=S(=O)(CCNc1c2ccccc2nc2ccccc12)Nc1ccc(Nc2c3ccccc3nc3ccccc23)cc1. The molecule has 0 fully saturated rings. The van der Waals surface area contributed by atoms with Gasteiger partial charge in [-0.1, -0.05) is 72.8 Å². The van der Waals surface area contributed by atoms with Crippen molar-refractivity contribution in [1.82, 2.24) is 9.97 Å². The van der Waals surface area contributed by atoms with Crippen LogP contribution in [0.15, 0.2) is 121 Å². The minimum Gasteiger partial charge on any atom is -0.383 e. The molecule has 3 N–H and O–H groups in total. The lowest BCUT2D eigenvalue weighted by molar-refractivity contribution is 0.601. The summed E-state index contributed by atoms with van der Waals surface area (Å²) in [5.74, 6) is -0.0903. The van der Waals surface area contributed by atoms with Crippen molar-refractivity contribution in [3.05, 3.63) is 121 Å². The van der Waals surface area contributed by atoms with Gasteiger partial charge in [0.15, 0.2) is 0 Å². The summed E-state index contributed by atoms with van der Waals surface area (Å²) in [6.45, 7) is 0.245. The van der Waals surface area contributed by atoms with Crippen LogP contribution >= 0.6 is 0 Å². The molecule has 0 aliphatic rings. The van der Waals surface area contributed by atoms with E-state index in [1.165, 1.54) is 0 Å². The Bertz CT molecular complexity index is 2090. The molecule has 206 valence electrons. The second kappa shape index (κ2) is 10.6. The van der Waals surface area contributed by atoms with Crippen molar-refractivity contribution >= 4 is 76.4 Å². The Morgan fingerprint density at radius 3 is 1.38 bits per heavy atom. The van der Waals surface area contributed by atoms with Crippen molar-refractivity contribution in [2.45, 2.75) is 0 Å². The van der Waals surface area contributed by atoms with Crippen molar-refractivity contribution < 1.29 is 8.42 Å². The summed E-state index contributed by atoms with van der Waals surface area (Å²) >= 11 is 0. The molecule has 2 aromatic heterocycles. The molecule has 7 nitrogen and oxygen atoms in total. The molecule has 0 saturated carbocycles. The molecule has 42 heavy (non-hydrogen) atoms. The maximum absolute atomic E-state index is 13.0. The minimum atomic E-state index is -3.60. The zero-order chi connectivity index (χ0) is 28.5. The molecule has 5 aromatic carbocycles. The third-order valence-electron chi connectivity index (χ3n) is 7.28. The van der Waals surface area contributed by atoms with Crippen LogP contribution < -0.4 is 15.4 Å². The quantitative estimate of drug-likeness (QED) is 0.162. The molecule has 0 unspecified atom stereocenters. The third-order valence-corrected chi connectivity index (χ3v) is 8.56. The zero-order valence-corrected chi connectivity index (χ0v) is 23.4. The topological polar surface area (TPSA) is 96.0 Å². The van der Waals surface area contributed by atoms with Gasteiger partial charge in [-0.15, -0.1) is 0 Å². The average molecular weight is 570 g/mol. The van der Waals surface area contributed by atoms with Gasteiger partial charge in [0, 0.05) is 39.5 Å². The van der Waals surface area contributed by atoms with Crippen molar-refractivity contribution in [3.8, 4) is 0 Å². The number of aromatic nitrogens is 2. The first-order valence-corrected chi connectivity index (χ1v) is 15.4. The van der Waals surface area contributed by atoms with E-state index in [1.807, 2.05) is 109 Å². The summed E-state index contributed by atoms with van der Waals surface area (Å²) in [7, 11) is -3.60. The van der Waals surface area contributed by atoms with E-state index in [-0.39, 0.29) is 12.3 Å². The van der Waals surface area contributed by atoms with Crippen LogP contribution in [0, 0.1) is 0 Å². The number of para-hydroxylation sites is 4. The standard InChI is InChI=1S/C34H27N5O2S/c40-42(41,22-21-35-33-25-9-1-5-13-29(25)37-30-14-6-2-10-26(30)33)39-24-19-17-23(18-20-24)36-34-27-11-3-7-15-31(27)38-32-16-8-4-12-28(32)34/h1-20,39H,21-22H2,(H,35,37)(H,36,38). The molecule has 7 rings (SSSR count). The Morgan fingerprint density at radius 2 is 0.905 bits per heavy atom. The van der Waals surface area contributed by atoms with Crippen LogP contribution in [0.4, 0.5) is 22.7 Å². The fraction of sp³-hybridized carbons (Fsp3) is 0.0588. The zero-order valence-electron chi connectivity index (χ0n) is 22.6. The number of hydrogen-bond donors (Lipinski definition) is 3. The summed E-state index contributed by atoms with van der Waals surface area (Å²) in [6, 6.07) is 39.0. The van der Waals surface area contributed by atoms with Crippen LogP contribution in [0.1, 0.15) is 0 Å².